The van der Waals surface area contributed by atoms with Gasteiger partial charge in [-0.3, -0.25) is 0 Å². The number of benzene rings is 1. The lowest BCUT2D eigenvalue weighted by atomic mass is 9.92. The summed E-state index contributed by atoms with van der Waals surface area (Å²) in [7, 11) is 3.56. The van der Waals surface area contributed by atoms with Gasteiger partial charge in [-0.2, -0.15) is 0 Å². The van der Waals surface area contributed by atoms with Crippen molar-refractivity contribution < 1.29 is 14.6 Å². The third kappa shape index (κ3) is 4.90. The molecule has 120 valence electrons. The van der Waals surface area contributed by atoms with Gasteiger partial charge in [0.1, 0.15) is 0 Å². The molecule has 0 aromatic heterocycles. The second-order valence-electron chi connectivity index (χ2n) is 5.33. The average Bonchev–Trinajstić information content (AvgIpc) is 2.55. The van der Waals surface area contributed by atoms with Crippen LogP contribution in [0.2, 0.25) is 0 Å². The summed E-state index contributed by atoms with van der Waals surface area (Å²) in [6.45, 7) is 4.96. The zero-order chi connectivity index (χ0) is 15.7. The minimum Gasteiger partial charge on any atom is -0.493 e. The third-order valence-electron chi connectivity index (χ3n) is 4.20. The van der Waals surface area contributed by atoms with Gasteiger partial charge in [-0.15, -0.1) is 0 Å². The van der Waals surface area contributed by atoms with Crippen LogP contribution in [0.25, 0.3) is 0 Å². The lowest BCUT2D eigenvalue weighted by Gasteiger charge is -2.30. The van der Waals surface area contributed by atoms with E-state index in [1.807, 2.05) is 19.2 Å². The average molecular weight is 295 g/mol. The number of rotatable bonds is 10. The predicted molar refractivity (Wildman–Crippen MR) is 86.3 cm³/mol. The van der Waals surface area contributed by atoms with Crippen LogP contribution in [0.1, 0.15) is 38.7 Å². The molecule has 0 aliphatic rings. The first-order valence-corrected chi connectivity index (χ1v) is 7.74. The Morgan fingerprint density at radius 1 is 1.24 bits per heavy atom. The molecule has 0 fully saturated rings. The van der Waals surface area contributed by atoms with E-state index in [-0.39, 0.29) is 12.1 Å². The van der Waals surface area contributed by atoms with Crippen molar-refractivity contribution in [1.82, 2.24) is 5.32 Å². The number of methoxy groups -OCH3 is 1. The van der Waals surface area contributed by atoms with Crippen molar-refractivity contribution >= 4 is 0 Å². The fourth-order valence-corrected chi connectivity index (χ4v) is 2.39. The molecule has 0 aliphatic carbocycles. The van der Waals surface area contributed by atoms with Crippen molar-refractivity contribution in [3.05, 3.63) is 23.8 Å². The maximum absolute atomic E-state index is 9.51. The Kier molecular flexibility index (Phi) is 7.54. The molecule has 21 heavy (non-hydrogen) atoms. The molecule has 2 N–H and O–H groups in total. The molecule has 0 saturated carbocycles. The third-order valence-corrected chi connectivity index (χ3v) is 4.20. The lowest BCUT2D eigenvalue weighted by Crippen LogP contribution is -2.46. The van der Waals surface area contributed by atoms with Crippen molar-refractivity contribution in [3.8, 4) is 11.5 Å². The zero-order valence-corrected chi connectivity index (χ0v) is 13.7. The van der Waals surface area contributed by atoms with Crippen LogP contribution in [0.4, 0.5) is 0 Å². The van der Waals surface area contributed by atoms with Crippen molar-refractivity contribution in [2.75, 3.05) is 27.4 Å². The van der Waals surface area contributed by atoms with E-state index in [2.05, 4.69) is 25.2 Å². The Balaban J connectivity index is 2.52. The van der Waals surface area contributed by atoms with Gasteiger partial charge in [0.05, 0.1) is 20.3 Å². The first-order valence-electron chi connectivity index (χ1n) is 7.74. The van der Waals surface area contributed by atoms with Crippen molar-refractivity contribution in [2.45, 2.75) is 45.1 Å². The van der Waals surface area contributed by atoms with E-state index in [0.29, 0.717) is 6.61 Å². The maximum atomic E-state index is 9.51. The van der Waals surface area contributed by atoms with Crippen LogP contribution in [0, 0.1) is 0 Å². The van der Waals surface area contributed by atoms with Gasteiger partial charge in [-0.05, 0) is 50.4 Å². The molecule has 1 aromatic carbocycles. The number of aryl methyl sites for hydroxylation is 1. The number of hydrogen-bond donors (Lipinski definition) is 2. The molecular weight excluding hydrogens is 266 g/mol. The number of hydrogen-bond acceptors (Lipinski definition) is 4. The standard InChI is InChI=1S/C17H29NO3/c1-5-14-8-9-15(16(12-14)20-4)21-11-7-10-17(6-2,13-19)18-3/h8-9,12,18-19H,5-7,10-11,13H2,1-4H3. The van der Waals surface area contributed by atoms with Gasteiger partial charge >= 0.3 is 0 Å². The molecule has 0 aliphatic heterocycles. The van der Waals surface area contributed by atoms with Crippen LogP contribution in [-0.4, -0.2) is 38.0 Å². The first-order chi connectivity index (χ1) is 10.1. The molecule has 4 heteroatoms. The summed E-state index contributed by atoms with van der Waals surface area (Å²) in [5.41, 5.74) is 1.04. The van der Waals surface area contributed by atoms with Gasteiger partial charge in [-0.25, -0.2) is 0 Å². The molecule has 4 nitrogen and oxygen atoms in total. The number of ether oxygens (including phenoxy) is 2. The van der Waals surface area contributed by atoms with E-state index in [1.54, 1.807) is 7.11 Å². The molecule has 0 spiro atoms. The zero-order valence-electron chi connectivity index (χ0n) is 13.7. The summed E-state index contributed by atoms with van der Waals surface area (Å²) in [5, 5.41) is 12.7. The highest BCUT2D eigenvalue weighted by Gasteiger charge is 2.24. The molecule has 0 amide bonds. The molecule has 0 saturated heterocycles. The number of nitrogens with one attached hydrogen (secondary N) is 1. The van der Waals surface area contributed by atoms with Gasteiger partial charge in [-0.1, -0.05) is 19.9 Å². The van der Waals surface area contributed by atoms with E-state index in [0.717, 1.165) is 37.2 Å². The highest BCUT2D eigenvalue weighted by Crippen LogP contribution is 2.28. The summed E-state index contributed by atoms with van der Waals surface area (Å²) in [6, 6.07) is 6.05. The Bertz CT molecular complexity index is 408. The molecule has 1 rings (SSSR count). The second kappa shape index (κ2) is 8.90. The number of aliphatic hydroxyl groups is 1. The monoisotopic (exact) mass is 295 g/mol. The van der Waals surface area contributed by atoms with Crippen LogP contribution >= 0.6 is 0 Å². The summed E-state index contributed by atoms with van der Waals surface area (Å²) in [4.78, 5) is 0. The molecule has 1 unspecified atom stereocenters. The largest absolute Gasteiger partial charge is 0.493 e. The van der Waals surface area contributed by atoms with E-state index in [1.165, 1.54) is 5.56 Å². The maximum Gasteiger partial charge on any atom is 0.161 e. The lowest BCUT2D eigenvalue weighted by molar-refractivity contribution is 0.145. The number of likely N-dealkylation sites (N-methyl/N-ethyl adjacent to an activating group) is 1. The van der Waals surface area contributed by atoms with Crippen LogP contribution in [-0.2, 0) is 6.42 Å². The molecule has 1 aromatic rings. The van der Waals surface area contributed by atoms with Gasteiger partial charge in [0, 0.05) is 5.54 Å². The summed E-state index contributed by atoms with van der Waals surface area (Å²) in [5.74, 6) is 1.57. The summed E-state index contributed by atoms with van der Waals surface area (Å²) in [6.07, 6.45) is 3.64. The van der Waals surface area contributed by atoms with Crippen molar-refractivity contribution in [3.63, 3.8) is 0 Å². The molecule has 1 atom stereocenters. The van der Waals surface area contributed by atoms with E-state index in [4.69, 9.17) is 9.47 Å². The normalized spacial score (nSPS) is 13.8. The van der Waals surface area contributed by atoms with Crippen LogP contribution < -0.4 is 14.8 Å². The first kappa shape index (κ1) is 17.8. The fraction of sp³-hybridized carbons (Fsp3) is 0.647. The molecule has 0 radical (unpaired) electrons. The fourth-order valence-electron chi connectivity index (χ4n) is 2.39. The Labute approximate surface area is 128 Å². The van der Waals surface area contributed by atoms with Gasteiger partial charge in [0.2, 0.25) is 0 Å². The van der Waals surface area contributed by atoms with E-state index < -0.39 is 0 Å². The van der Waals surface area contributed by atoms with Crippen molar-refractivity contribution in [1.29, 1.82) is 0 Å². The smallest absolute Gasteiger partial charge is 0.161 e. The molecular formula is C17H29NO3. The minimum atomic E-state index is -0.195. The number of aliphatic hydroxyl groups excluding tert-OH is 1. The van der Waals surface area contributed by atoms with Gasteiger partial charge in [0.15, 0.2) is 11.5 Å². The van der Waals surface area contributed by atoms with E-state index >= 15 is 0 Å². The van der Waals surface area contributed by atoms with Crippen LogP contribution in [0.15, 0.2) is 18.2 Å². The Hall–Kier alpha value is -1.26. The quantitative estimate of drug-likeness (QED) is 0.652. The van der Waals surface area contributed by atoms with Crippen LogP contribution in [0.3, 0.4) is 0 Å². The van der Waals surface area contributed by atoms with Gasteiger partial charge in [0.25, 0.3) is 0 Å². The summed E-state index contributed by atoms with van der Waals surface area (Å²) >= 11 is 0. The Morgan fingerprint density at radius 3 is 2.52 bits per heavy atom. The Morgan fingerprint density at radius 2 is 2.00 bits per heavy atom. The minimum absolute atomic E-state index is 0.147. The highest BCUT2D eigenvalue weighted by atomic mass is 16.5. The second-order valence-corrected chi connectivity index (χ2v) is 5.33. The SMILES string of the molecule is CCc1ccc(OCCCC(CC)(CO)NC)c(OC)c1. The van der Waals surface area contributed by atoms with E-state index in [9.17, 15) is 5.11 Å². The summed E-state index contributed by atoms with van der Waals surface area (Å²) < 4.78 is 11.2. The predicted octanol–water partition coefficient (Wildman–Crippen LogP) is 2.78. The highest BCUT2D eigenvalue weighted by molar-refractivity contribution is 5.42. The topological polar surface area (TPSA) is 50.7 Å². The molecule has 0 heterocycles. The molecule has 0 bridgehead atoms. The van der Waals surface area contributed by atoms with Gasteiger partial charge < -0.3 is 19.9 Å². The van der Waals surface area contributed by atoms with Crippen molar-refractivity contribution in [2.24, 2.45) is 0 Å². The van der Waals surface area contributed by atoms with Crippen LogP contribution in [0.5, 0.6) is 11.5 Å².